The minimum absolute atomic E-state index is 0.185. The Morgan fingerprint density at radius 3 is 2.45 bits per heavy atom. The molecule has 29 heavy (non-hydrogen) atoms. The van der Waals surface area contributed by atoms with Crippen molar-refractivity contribution in [1.29, 1.82) is 0 Å². The zero-order chi connectivity index (χ0) is 20.8. The van der Waals surface area contributed by atoms with Crippen molar-refractivity contribution < 1.29 is 9.53 Å². The van der Waals surface area contributed by atoms with Crippen molar-refractivity contribution in [3.8, 4) is 5.75 Å². The first kappa shape index (κ1) is 21.4. The van der Waals surface area contributed by atoms with Gasteiger partial charge in [0.1, 0.15) is 17.4 Å². The van der Waals surface area contributed by atoms with Gasteiger partial charge >= 0.3 is 0 Å². The normalized spacial score (nSPS) is 14.4. The van der Waals surface area contributed by atoms with Gasteiger partial charge in [-0.1, -0.05) is 13.8 Å². The number of aromatic nitrogens is 2. The number of amides is 1. The van der Waals surface area contributed by atoms with E-state index in [-0.39, 0.29) is 5.91 Å². The molecular weight excluding hydrogens is 384 g/mol. The number of ether oxygens (including phenoxy) is 1. The summed E-state index contributed by atoms with van der Waals surface area (Å²) in [4.78, 5) is 27.2. The van der Waals surface area contributed by atoms with Crippen molar-refractivity contribution >= 4 is 23.5 Å². The van der Waals surface area contributed by atoms with E-state index in [1.165, 1.54) is 0 Å². The smallest absolute Gasteiger partial charge is 0.233 e. The van der Waals surface area contributed by atoms with E-state index in [2.05, 4.69) is 23.7 Å². The zero-order valence-electron chi connectivity index (χ0n) is 17.7. The Hall–Kier alpha value is -2.28. The van der Waals surface area contributed by atoms with Crippen LogP contribution in [0.5, 0.6) is 5.75 Å². The number of hydrogen-bond acceptors (Lipinski definition) is 6. The number of benzene rings is 1. The van der Waals surface area contributed by atoms with E-state index in [0.717, 1.165) is 54.2 Å². The summed E-state index contributed by atoms with van der Waals surface area (Å²) >= 11 is 1.57. The van der Waals surface area contributed by atoms with Crippen molar-refractivity contribution in [2.24, 2.45) is 0 Å². The third kappa shape index (κ3) is 5.85. The molecule has 3 rings (SSSR count). The van der Waals surface area contributed by atoms with E-state index >= 15 is 0 Å². The first-order valence-corrected chi connectivity index (χ1v) is 11.2. The molecule has 156 valence electrons. The molecule has 0 radical (unpaired) electrons. The van der Waals surface area contributed by atoms with Gasteiger partial charge in [0.2, 0.25) is 5.91 Å². The van der Waals surface area contributed by atoms with Crippen LogP contribution < -0.4 is 9.64 Å². The quantitative estimate of drug-likeness (QED) is 0.643. The number of hydrogen-bond donors (Lipinski definition) is 0. The van der Waals surface area contributed by atoms with Crippen molar-refractivity contribution in [2.45, 2.75) is 38.5 Å². The highest BCUT2D eigenvalue weighted by molar-refractivity contribution is 8.00. The number of nitrogens with zero attached hydrogens (tertiary/aromatic N) is 4. The molecule has 0 aliphatic carbocycles. The van der Waals surface area contributed by atoms with Gasteiger partial charge < -0.3 is 14.5 Å². The molecule has 1 aromatic carbocycles. The third-order valence-electron chi connectivity index (χ3n) is 4.83. The summed E-state index contributed by atoms with van der Waals surface area (Å²) in [5.41, 5.74) is 0.990. The van der Waals surface area contributed by atoms with E-state index in [1.54, 1.807) is 11.8 Å². The molecule has 0 atom stereocenters. The van der Waals surface area contributed by atoms with Crippen LogP contribution in [0.25, 0.3) is 0 Å². The first-order chi connectivity index (χ1) is 14.0. The molecule has 2 aromatic rings. The predicted molar refractivity (Wildman–Crippen MR) is 118 cm³/mol. The summed E-state index contributed by atoms with van der Waals surface area (Å²) in [7, 11) is 0. The minimum atomic E-state index is 0.185. The second-order valence-corrected chi connectivity index (χ2v) is 8.49. The van der Waals surface area contributed by atoms with Gasteiger partial charge in [0.15, 0.2) is 0 Å². The van der Waals surface area contributed by atoms with Crippen molar-refractivity contribution in [3.05, 3.63) is 41.9 Å². The topological polar surface area (TPSA) is 58.6 Å². The lowest BCUT2D eigenvalue weighted by Crippen LogP contribution is -2.49. The highest BCUT2D eigenvalue weighted by atomic mass is 32.2. The molecule has 1 aliphatic heterocycles. The van der Waals surface area contributed by atoms with Crippen LogP contribution in [0.4, 0.5) is 5.82 Å². The summed E-state index contributed by atoms with van der Waals surface area (Å²) in [6, 6.07) is 9.94. The van der Waals surface area contributed by atoms with Crippen LogP contribution >= 0.6 is 11.8 Å². The Morgan fingerprint density at radius 2 is 1.83 bits per heavy atom. The van der Waals surface area contributed by atoms with E-state index in [0.29, 0.717) is 18.3 Å². The largest absolute Gasteiger partial charge is 0.494 e. The number of piperazine rings is 1. The van der Waals surface area contributed by atoms with Gasteiger partial charge in [-0.2, -0.15) is 0 Å². The second-order valence-electron chi connectivity index (χ2n) is 7.44. The number of rotatable bonds is 7. The van der Waals surface area contributed by atoms with Gasteiger partial charge in [-0.05, 0) is 38.1 Å². The van der Waals surface area contributed by atoms with E-state index in [1.807, 2.05) is 49.1 Å². The summed E-state index contributed by atoms with van der Waals surface area (Å²) < 4.78 is 5.46. The summed E-state index contributed by atoms with van der Waals surface area (Å²) in [6.07, 6.45) is 0. The molecule has 0 N–H and O–H groups in total. The molecule has 1 fully saturated rings. The lowest BCUT2D eigenvalue weighted by molar-refractivity contribution is -0.128. The lowest BCUT2D eigenvalue weighted by atomic mass is 10.2. The maximum absolute atomic E-state index is 12.6. The molecule has 6 nitrogen and oxygen atoms in total. The molecule has 1 aliphatic rings. The predicted octanol–water partition coefficient (Wildman–Crippen LogP) is 3.75. The van der Waals surface area contributed by atoms with Crippen LogP contribution in [0.3, 0.4) is 0 Å². The van der Waals surface area contributed by atoms with Gasteiger partial charge in [0.25, 0.3) is 0 Å². The molecule has 7 heteroatoms. The minimum Gasteiger partial charge on any atom is -0.494 e. The Kier molecular flexibility index (Phi) is 7.36. The molecular formula is C22H30N4O2S. The van der Waals surface area contributed by atoms with Crippen LogP contribution in [0.1, 0.15) is 38.2 Å². The SMILES string of the molecule is CCOc1ccc(SCC(=O)N2CCN(c3cc(C)nc(C(C)C)n3)CC2)cc1. The van der Waals surface area contributed by atoms with Crippen LogP contribution in [0, 0.1) is 6.92 Å². The second kappa shape index (κ2) is 9.96. The summed E-state index contributed by atoms with van der Waals surface area (Å²) in [5, 5.41) is 0. The first-order valence-electron chi connectivity index (χ1n) is 10.2. The monoisotopic (exact) mass is 414 g/mol. The van der Waals surface area contributed by atoms with E-state index in [9.17, 15) is 4.79 Å². The molecule has 0 spiro atoms. The number of aryl methyl sites for hydroxylation is 1. The third-order valence-corrected chi connectivity index (χ3v) is 5.82. The molecule has 0 saturated carbocycles. The van der Waals surface area contributed by atoms with E-state index in [4.69, 9.17) is 9.72 Å². The van der Waals surface area contributed by atoms with Gasteiger partial charge in [-0.3, -0.25) is 4.79 Å². The van der Waals surface area contributed by atoms with E-state index < -0.39 is 0 Å². The lowest BCUT2D eigenvalue weighted by Gasteiger charge is -2.35. The van der Waals surface area contributed by atoms with Gasteiger partial charge in [-0.25, -0.2) is 9.97 Å². The Labute approximate surface area is 177 Å². The fourth-order valence-corrected chi connectivity index (χ4v) is 4.02. The molecule has 1 amide bonds. The maximum atomic E-state index is 12.6. The highest BCUT2D eigenvalue weighted by Crippen LogP contribution is 2.23. The Bertz CT molecular complexity index is 818. The van der Waals surface area contributed by atoms with Gasteiger partial charge in [0, 0.05) is 48.8 Å². The average Bonchev–Trinajstić information content (AvgIpc) is 2.73. The molecule has 1 saturated heterocycles. The van der Waals surface area contributed by atoms with Crippen LogP contribution in [-0.4, -0.2) is 59.3 Å². The number of anilines is 1. The summed E-state index contributed by atoms with van der Waals surface area (Å²) in [5.74, 6) is 3.65. The van der Waals surface area contributed by atoms with Gasteiger partial charge in [-0.15, -0.1) is 11.8 Å². The Morgan fingerprint density at radius 1 is 1.14 bits per heavy atom. The molecule has 2 heterocycles. The number of carbonyl (C=O) groups is 1. The van der Waals surface area contributed by atoms with Gasteiger partial charge in [0.05, 0.1) is 12.4 Å². The van der Waals surface area contributed by atoms with Crippen molar-refractivity contribution in [3.63, 3.8) is 0 Å². The fourth-order valence-electron chi connectivity index (χ4n) is 3.21. The maximum Gasteiger partial charge on any atom is 0.233 e. The average molecular weight is 415 g/mol. The fraction of sp³-hybridized carbons (Fsp3) is 0.500. The highest BCUT2D eigenvalue weighted by Gasteiger charge is 2.22. The Balaban J connectivity index is 1.50. The number of carbonyl (C=O) groups excluding carboxylic acids is 1. The van der Waals surface area contributed by atoms with Crippen LogP contribution in [-0.2, 0) is 4.79 Å². The molecule has 0 bridgehead atoms. The van der Waals surface area contributed by atoms with Crippen molar-refractivity contribution in [2.75, 3.05) is 43.4 Å². The molecule has 0 unspecified atom stereocenters. The number of thioether (sulfide) groups is 1. The van der Waals surface area contributed by atoms with Crippen molar-refractivity contribution in [1.82, 2.24) is 14.9 Å². The zero-order valence-corrected chi connectivity index (χ0v) is 18.5. The van der Waals surface area contributed by atoms with Crippen LogP contribution in [0.2, 0.25) is 0 Å². The molecule has 1 aromatic heterocycles. The van der Waals surface area contributed by atoms with Crippen LogP contribution in [0.15, 0.2) is 35.2 Å². The summed E-state index contributed by atoms with van der Waals surface area (Å²) in [6.45, 7) is 11.9. The standard InChI is InChI=1S/C22H30N4O2S/c1-5-28-18-6-8-19(9-7-18)29-15-21(27)26-12-10-25(11-13-26)20-14-17(4)23-22(24-20)16(2)3/h6-9,14,16H,5,10-13,15H2,1-4H3.